The predicted molar refractivity (Wildman–Crippen MR) is 140 cm³/mol. The third-order valence-corrected chi connectivity index (χ3v) is 6.42. The maximum atomic E-state index is 13.7. The van der Waals surface area contributed by atoms with Crippen LogP contribution in [0, 0.1) is 6.92 Å². The van der Waals surface area contributed by atoms with Crippen molar-refractivity contribution in [3.63, 3.8) is 0 Å². The molecular weight excluding hydrogens is 446 g/mol. The van der Waals surface area contributed by atoms with Crippen molar-refractivity contribution in [3.8, 4) is 11.1 Å². The van der Waals surface area contributed by atoms with Gasteiger partial charge < -0.3 is 15.5 Å². The van der Waals surface area contributed by atoms with Crippen molar-refractivity contribution >= 4 is 29.9 Å². The summed E-state index contributed by atoms with van der Waals surface area (Å²) < 4.78 is 0. The van der Waals surface area contributed by atoms with E-state index in [9.17, 15) is 9.59 Å². The van der Waals surface area contributed by atoms with Gasteiger partial charge in [-0.3, -0.25) is 9.59 Å². The number of rotatable bonds is 6. The fourth-order valence-corrected chi connectivity index (χ4v) is 4.32. The molecular formula is C28H32ClN3O2. The number of hydrogen-bond acceptors (Lipinski definition) is 3. The average Bonchev–Trinajstić information content (AvgIpc) is 2.97. The van der Waals surface area contributed by atoms with Crippen LogP contribution >= 0.6 is 12.4 Å². The third kappa shape index (κ3) is 5.49. The quantitative estimate of drug-likeness (QED) is 0.543. The molecule has 1 heterocycles. The average molecular weight is 478 g/mol. The number of nitrogens with one attached hydrogen (secondary N) is 2. The van der Waals surface area contributed by atoms with E-state index in [1.165, 1.54) is 5.56 Å². The molecule has 0 aromatic heterocycles. The largest absolute Gasteiger partial charge is 0.343 e. The number of carbonyl (C=O) groups is 2. The van der Waals surface area contributed by atoms with Gasteiger partial charge >= 0.3 is 0 Å². The van der Waals surface area contributed by atoms with Crippen LogP contribution < -0.4 is 15.5 Å². The van der Waals surface area contributed by atoms with E-state index in [0.29, 0.717) is 13.0 Å². The number of nitrogens with zero attached hydrogens (tertiary/aromatic N) is 1. The minimum Gasteiger partial charge on any atom is -0.343 e. The molecule has 2 N–H and O–H groups in total. The van der Waals surface area contributed by atoms with Gasteiger partial charge in [-0.05, 0) is 73.7 Å². The number of benzene rings is 3. The smallest absolute Gasteiger partial charge is 0.249 e. The molecule has 1 unspecified atom stereocenters. The number of para-hydroxylation sites is 1. The minimum absolute atomic E-state index is 0. The molecule has 1 aliphatic heterocycles. The summed E-state index contributed by atoms with van der Waals surface area (Å²) in [5, 5.41) is 5.91. The van der Waals surface area contributed by atoms with Crippen LogP contribution in [0.15, 0.2) is 72.8 Å². The maximum absolute atomic E-state index is 13.7. The van der Waals surface area contributed by atoms with Crippen LogP contribution in [0.25, 0.3) is 11.1 Å². The summed E-state index contributed by atoms with van der Waals surface area (Å²) in [6.07, 6.45) is 1.32. The second-order valence-corrected chi connectivity index (χ2v) is 8.68. The van der Waals surface area contributed by atoms with Crippen molar-refractivity contribution in [2.45, 2.75) is 45.3 Å². The Bertz CT molecular complexity index is 1150. The van der Waals surface area contributed by atoms with Crippen LogP contribution in [0.1, 0.15) is 30.0 Å². The first-order chi connectivity index (χ1) is 16.0. The lowest BCUT2D eigenvalue weighted by Gasteiger charge is -2.27. The van der Waals surface area contributed by atoms with Gasteiger partial charge in [0.1, 0.15) is 6.04 Å². The molecule has 1 aliphatic rings. The summed E-state index contributed by atoms with van der Waals surface area (Å²) in [7, 11) is 1.74. The second-order valence-electron chi connectivity index (χ2n) is 8.68. The zero-order chi connectivity index (χ0) is 23.4. The Morgan fingerprint density at radius 3 is 2.50 bits per heavy atom. The van der Waals surface area contributed by atoms with Crippen LogP contribution in [0.3, 0.4) is 0 Å². The van der Waals surface area contributed by atoms with Gasteiger partial charge in [0.2, 0.25) is 11.8 Å². The van der Waals surface area contributed by atoms with E-state index in [-0.39, 0.29) is 30.3 Å². The van der Waals surface area contributed by atoms with Crippen LogP contribution in [0.5, 0.6) is 0 Å². The summed E-state index contributed by atoms with van der Waals surface area (Å²) in [6, 6.07) is 23.8. The fraction of sp³-hybridized carbons (Fsp3) is 0.286. The Morgan fingerprint density at radius 1 is 1.06 bits per heavy atom. The van der Waals surface area contributed by atoms with Crippen LogP contribution in [-0.4, -0.2) is 30.9 Å². The molecule has 178 valence electrons. The molecule has 2 amide bonds. The lowest BCUT2D eigenvalue weighted by molar-refractivity contribution is -0.128. The Morgan fingerprint density at radius 2 is 1.76 bits per heavy atom. The van der Waals surface area contributed by atoms with E-state index in [1.54, 1.807) is 14.0 Å². The first-order valence-electron chi connectivity index (χ1n) is 11.5. The number of carbonyl (C=O) groups excluding carboxylic acids is 2. The molecule has 34 heavy (non-hydrogen) atoms. The molecule has 3 aromatic rings. The molecule has 2 atom stereocenters. The lowest BCUT2D eigenvalue weighted by Crippen LogP contribution is -2.52. The number of fused-ring (bicyclic) bond motifs is 1. The van der Waals surface area contributed by atoms with Gasteiger partial charge in [-0.2, -0.15) is 0 Å². The lowest BCUT2D eigenvalue weighted by atomic mass is 9.98. The molecule has 0 radical (unpaired) electrons. The number of amides is 2. The molecule has 4 rings (SSSR count). The van der Waals surface area contributed by atoms with Gasteiger partial charge in [0.25, 0.3) is 0 Å². The molecule has 0 bridgehead atoms. The van der Waals surface area contributed by atoms with Gasteiger partial charge in [0, 0.05) is 5.69 Å². The molecule has 0 fully saturated rings. The zero-order valence-electron chi connectivity index (χ0n) is 19.9. The normalized spacial score (nSPS) is 16.1. The standard InChI is InChI=1S/C28H31N3O2.ClH/c1-19-13-14-21(17-24(19)22-9-5-4-6-10-22)18-31-26-12-8-7-11-23(26)15-16-25(28(31)33)30-27(32)20(2)29-3;/h4-14,17,20,25,29H,15-16,18H2,1-3H3,(H,30,32);1H/t20-,25?;/m0./s1. The van der Waals surface area contributed by atoms with Crippen LogP contribution in [0.2, 0.25) is 0 Å². The zero-order valence-corrected chi connectivity index (χ0v) is 20.7. The van der Waals surface area contributed by atoms with Gasteiger partial charge in [0.15, 0.2) is 0 Å². The van der Waals surface area contributed by atoms with Crippen LogP contribution in [0.4, 0.5) is 5.69 Å². The second kappa shape index (κ2) is 11.3. The van der Waals surface area contributed by atoms with E-state index in [1.807, 2.05) is 41.3 Å². The SMILES string of the molecule is CN[C@@H](C)C(=O)NC1CCc2ccccc2N(Cc2ccc(C)c(-c3ccccc3)c2)C1=O.Cl. The summed E-state index contributed by atoms with van der Waals surface area (Å²) in [5.74, 6) is -0.234. The van der Waals surface area contributed by atoms with Gasteiger partial charge in [-0.15, -0.1) is 12.4 Å². The minimum atomic E-state index is -0.556. The fourth-order valence-electron chi connectivity index (χ4n) is 4.32. The number of anilines is 1. The Hall–Kier alpha value is -3.15. The predicted octanol–water partition coefficient (Wildman–Crippen LogP) is 4.66. The monoisotopic (exact) mass is 477 g/mol. The number of aryl methyl sites for hydroxylation is 2. The molecule has 0 saturated heterocycles. The Labute approximate surface area is 208 Å². The van der Waals surface area contributed by atoms with Crippen molar-refractivity contribution in [3.05, 3.63) is 89.5 Å². The number of likely N-dealkylation sites (N-methyl/N-ethyl adjacent to an activating group) is 1. The van der Waals surface area contributed by atoms with E-state index in [4.69, 9.17) is 0 Å². The molecule has 6 heteroatoms. The van der Waals surface area contributed by atoms with Gasteiger partial charge in [-0.1, -0.05) is 60.7 Å². The Kier molecular flexibility index (Phi) is 8.48. The highest BCUT2D eigenvalue weighted by Crippen LogP contribution is 2.30. The van der Waals surface area contributed by atoms with Crippen molar-refractivity contribution in [1.29, 1.82) is 0 Å². The highest BCUT2D eigenvalue weighted by atomic mass is 35.5. The topological polar surface area (TPSA) is 61.4 Å². The molecule has 5 nitrogen and oxygen atoms in total. The summed E-state index contributed by atoms with van der Waals surface area (Å²) in [6.45, 7) is 4.34. The number of halogens is 1. The molecule has 0 aliphatic carbocycles. The summed E-state index contributed by atoms with van der Waals surface area (Å²) in [4.78, 5) is 28.0. The van der Waals surface area contributed by atoms with Crippen molar-refractivity contribution in [1.82, 2.24) is 10.6 Å². The molecule has 0 spiro atoms. The van der Waals surface area contributed by atoms with Crippen molar-refractivity contribution in [2.75, 3.05) is 11.9 Å². The van der Waals surface area contributed by atoms with E-state index in [2.05, 4.69) is 54.0 Å². The highest BCUT2D eigenvalue weighted by molar-refractivity contribution is 6.00. The first kappa shape index (κ1) is 25.5. The van der Waals surface area contributed by atoms with Crippen molar-refractivity contribution < 1.29 is 9.59 Å². The maximum Gasteiger partial charge on any atom is 0.249 e. The van der Waals surface area contributed by atoms with Crippen molar-refractivity contribution in [2.24, 2.45) is 0 Å². The van der Waals surface area contributed by atoms with Gasteiger partial charge in [-0.25, -0.2) is 0 Å². The Balaban J connectivity index is 0.00000324. The van der Waals surface area contributed by atoms with E-state index >= 15 is 0 Å². The molecule has 3 aromatic carbocycles. The first-order valence-corrected chi connectivity index (χ1v) is 11.5. The highest BCUT2D eigenvalue weighted by Gasteiger charge is 2.32. The summed E-state index contributed by atoms with van der Waals surface area (Å²) in [5.41, 5.74) is 6.61. The summed E-state index contributed by atoms with van der Waals surface area (Å²) >= 11 is 0. The van der Waals surface area contributed by atoms with E-state index < -0.39 is 6.04 Å². The van der Waals surface area contributed by atoms with Gasteiger partial charge in [0.05, 0.1) is 12.6 Å². The number of hydrogen-bond donors (Lipinski definition) is 2. The van der Waals surface area contributed by atoms with E-state index in [0.717, 1.165) is 34.4 Å². The third-order valence-electron chi connectivity index (χ3n) is 6.42. The van der Waals surface area contributed by atoms with Crippen LogP contribution in [-0.2, 0) is 22.6 Å². The molecule has 0 saturated carbocycles.